The first-order chi connectivity index (χ1) is 15.4. The van der Waals surface area contributed by atoms with Gasteiger partial charge in [0, 0.05) is 25.0 Å². The zero-order chi connectivity index (χ0) is 23.0. The van der Waals surface area contributed by atoms with Gasteiger partial charge in [-0.2, -0.15) is 10.2 Å². The quantitative estimate of drug-likeness (QED) is 0.614. The SMILES string of the molecule is CC[C@@H]1C(=O)N(C)c2cnc(-n3ccnc3-c3ccc(C#N)cc3)nc2N1C(C)N(C)C. The first-order valence-corrected chi connectivity index (χ1v) is 10.5. The zero-order valence-electron chi connectivity index (χ0n) is 18.9. The minimum atomic E-state index is -0.312. The molecular weight excluding hydrogens is 404 g/mol. The third kappa shape index (κ3) is 3.48. The van der Waals surface area contributed by atoms with Gasteiger partial charge in [-0.05, 0) is 51.7 Å². The van der Waals surface area contributed by atoms with Crippen LogP contribution in [0.15, 0.2) is 42.9 Å². The third-order valence-electron chi connectivity index (χ3n) is 5.96. The van der Waals surface area contributed by atoms with Crippen LogP contribution in [0.2, 0.25) is 0 Å². The van der Waals surface area contributed by atoms with Gasteiger partial charge in [0.15, 0.2) is 5.82 Å². The number of nitriles is 1. The van der Waals surface area contributed by atoms with Gasteiger partial charge in [-0.3, -0.25) is 14.3 Å². The molecule has 0 radical (unpaired) electrons. The number of likely N-dealkylation sites (N-methyl/N-ethyl adjacent to an activating group) is 1. The number of carbonyl (C=O) groups is 1. The maximum absolute atomic E-state index is 13.0. The molecule has 0 fully saturated rings. The van der Waals surface area contributed by atoms with Gasteiger partial charge in [0.1, 0.15) is 17.6 Å². The van der Waals surface area contributed by atoms with Crippen LogP contribution in [-0.2, 0) is 4.79 Å². The number of rotatable bonds is 5. The molecule has 0 saturated carbocycles. The van der Waals surface area contributed by atoms with E-state index >= 15 is 0 Å². The van der Waals surface area contributed by atoms with Crippen molar-refractivity contribution in [1.82, 2.24) is 24.4 Å². The Balaban J connectivity index is 1.84. The molecule has 32 heavy (non-hydrogen) atoms. The summed E-state index contributed by atoms with van der Waals surface area (Å²) in [7, 11) is 5.74. The Hall–Kier alpha value is -3.77. The molecule has 1 amide bonds. The van der Waals surface area contributed by atoms with Gasteiger partial charge in [-0.1, -0.05) is 6.92 Å². The number of hydrogen-bond acceptors (Lipinski definition) is 7. The Morgan fingerprint density at radius 2 is 1.94 bits per heavy atom. The topological polar surface area (TPSA) is 94.2 Å². The van der Waals surface area contributed by atoms with Crippen LogP contribution in [0.1, 0.15) is 25.8 Å². The lowest BCUT2D eigenvalue weighted by molar-refractivity contribution is -0.120. The second-order valence-electron chi connectivity index (χ2n) is 8.01. The maximum Gasteiger partial charge on any atom is 0.249 e. The van der Waals surface area contributed by atoms with Crippen LogP contribution < -0.4 is 9.80 Å². The summed E-state index contributed by atoms with van der Waals surface area (Å²) in [6.45, 7) is 4.07. The smallest absolute Gasteiger partial charge is 0.249 e. The van der Waals surface area contributed by atoms with Crippen molar-refractivity contribution in [1.29, 1.82) is 5.26 Å². The number of fused-ring (bicyclic) bond motifs is 1. The molecule has 3 heterocycles. The van der Waals surface area contributed by atoms with Crippen LogP contribution >= 0.6 is 0 Å². The highest BCUT2D eigenvalue weighted by atomic mass is 16.2. The molecule has 3 aromatic rings. The number of aromatic nitrogens is 4. The summed E-state index contributed by atoms with van der Waals surface area (Å²) in [6, 6.07) is 9.05. The molecular formula is C23H26N8O. The van der Waals surface area contributed by atoms with E-state index in [-0.39, 0.29) is 18.1 Å². The molecule has 0 spiro atoms. The van der Waals surface area contributed by atoms with Gasteiger partial charge < -0.3 is 9.80 Å². The van der Waals surface area contributed by atoms with Crippen LogP contribution in [0.25, 0.3) is 17.3 Å². The van der Waals surface area contributed by atoms with E-state index in [1.54, 1.807) is 36.5 Å². The molecule has 9 heteroatoms. The van der Waals surface area contributed by atoms with Crippen molar-refractivity contribution in [2.24, 2.45) is 0 Å². The molecule has 2 aromatic heterocycles. The first-order valence-electron chi connectivity index (χ1n) is 10.5. The average molecular weight is 431 g/mol. The van der Waals surface area contributed by atoms with Gasteiger partial charge in [0.2, 0.25) is 11.9 Å². The van der Waals surface area contributed by atoms with Gasteiger partial charge in [0.25, 0.3) is 0 Å². The number of amides is 1. The minimum absolute atomic E-state index is 0.0333. The van der Waals surface area contributed by atoms with Crippen molar-refractivity contribution in [3.8, 4) is 23.4 Å². The van der Waals surface area contributed by atoms with Crippen LogP contribution in [0.5, 0.6) is 0 Å². The minimum Gasteiger partial charge on any atom is -0.327 e. The standard InChI is InChI=1S/C23H26N8O/c1-6-18-22(32)29(5)19-14-26-23(27-21(19)31(18)15(2)28(3)4)30-12-11-25-20(30)17-9-7-16(13-24)8-10-17/h7-12,14-15,18H,6H2,1-5H3/t15?,18-/m1/s1. The predicted octanol–water partition coefficient (Wildman–Crippen LogP) is 2.67. The predicted molar refractivity (Wildman–Crippen MR) is 122 cm³/mol. The first kappa shape index (κ1) is 21.5. The van der Waals surface area contributed by atoms with Gasteiger partial charge >= 0.3 is 0 Å². The van der Waals surface area contributed by atoms with E-state index in [4.69, 9.17) is 10.2 Å². The zero-order valence-corrected chi connectivity index (χ0v) is 18.9. The molecule has 0 N–H and O–H groups in total. The fourth-order valence-corrected chi connectivity index (χ4v) is 3.94. The van der Waals surface area contributed by atoms with Crippen molar-refractivity contribution in [2.45, 2.75) is 32.5 Å². The summed E-state index contributed by atoms with van der Waals surface area (Å²) < 4.78 is 1.82. The van der Waals surface area contributed by atoms with E-state index < -0.39 is 0 Å². The van der Waals surface area contributed by atoms with Crippen LogP contribution in [0.3, 0.4) is 0 Å². The van der Waals surface area contributed by atoms with Gasteiger partial charge in [-0.25, -0.2) is 9.97 Å². The summed E-state index contributed by atoms with van der Waals surface area (Å²) in [5.41, 5.74) is 2.12. The normalized spacial score (nSPS) is 16.8. The number of anilines is 2. The highest BCUT2D eigenvalue weighted by Gasteiger charge is 2.40. The van der Waals surface area contributed by atoms with Crippen molar-refractivity contribution in [3.05, 3.63) is 48.4 Å². The number of benzene rings is 1. The van der Waals surface area contributed by atoms with Crippen LogP contribution in [0.4, 0.5) is 11.5 Å². The monoisotopic (exact) mass is 430 g/mol. The number of carbonyl (C=O) groups excluding carboxylic acids is 1. The highest BCUT2D eigenvalue weighted by molar-refractivity contribution is 6.04. The largest absolute Gasteiger partial charge is 0.327 e. The lowest BCUT2D eigenvalue weighted by atomic mass is 10.1. The fraction of sp³-hybridized carbons (Fsp3) is 0.348. The Kier molecular flexibility index (Phi) is 5.63. The fourth-order valence-electron chi connectivity index (χ4n) is 3.94. The van der Waals surface area contributed by atoms with Crippen molar-refractivity contribution >= 4 is 17.4 Å². The van der Waals surface area contributed by atoms with Crippen molar-refractivity contribution in [3.63, 3.8) is 0 Å². The molecule has 0 bridgehead atoms. The molecule has 1 aromatic carbocycles. The summed E-state index contributed by atoms with van der Waals surface area (Å²) in [5.74, 6) is 1.89. The molecule has 164 valence electrons. The Bertz CT molecular complexity index is 1180. The highest BCUT2D eigenvalue weighted by Crippen LogP contribution is 2.36. The van der Waals surface area contributed by atoms with E-state index in [0.717, 1.165) is 5.56 Å². The summed E-state index contributed by atoms with van der Waals surface area (Å²) >= 11 is 0. The summed E-state index contributed by atoms with van der Waals surface area (Å²) in [5, 5.41) is 9.07. The molecule has 9 nitrogen and oxygen atoms in total. The van der Waals surface area contributed by atoms with E-state index in [1.807, 2.05) is 43.9 Å². The van der Waals surface area contributed by atoms with E-state index in [9.17, 15) is 4.79 Å². The summed E-state index contributed by atoms with van der Waals surface area (Å²) in [4.78, 5) is 32.8. The molecule has 0 aliphatic carbocycles. The lowest BCUT2D eigenvalue weighted by Gasteiger charge is -2.45. The molecule has 2 atom stereocenters. The lowest BCUT2D eigenvalue weighted by Crippen LogP contribution is -2.58. The number of hydrogen-bond donors (Lipinski definition) is 0. The summed E-state index contributed by atoms with van der Waals surface area (Å²) in [6.07, 6.45) is 5.83. The molecule has 1 unspecified atom stereocenters. The van der Waals surface area contributed by atoms with E-state index in [0.29, 0.717) is 35.3 Å². The Labute approximate surface area is 187 Å². The Morgan fingerprint density at radius 1 is 1.22 bits per heavy atom. The van der Waals surface area contributed by atoms with Crippen LogP contribution in [0, 0.1) is 11.3 Å². The van der Waals surface area contributed by atoms with Gasteiger partial charge in [-0.15, -0.1) is 0 Å². The second kappa shape index (κ2) is 8.40. The molecule has 1 aliphatic heterocycles. The third-order valence-corrected chi connectivity index (χ3v) is 5.96. The number of imidazole rings is 1. The molecule has 1 aliphatic rings. The molecule has 0 saturated heterocycles. The maximum atomic E-state index is 13.0. The van der Waals surface area contributed by atoms with Gasteiger partial charge in [0.05, 0.1) is 24.0 Å². The van der Waals surface area contributed by atoms with E-state index in [1.165, 1.54) is 0 Å². The van der Waals surface area contributed by atoms with Crippen molar-refractivity contribution in [2.75, 3.05) is 30.9 Å². The second-order valence-corrected chi connectivity index (χ2v) is 8.01. The van der Waals surface area contributed by atoms with E-state index in [2.05, 4.69) is 32.8 Å². The van der Waals surface area contributed by atoms with Crippen molar-refractivity contribution < 1.29 is 4.79 Å². The number of nitrogens with zero attached hydrogens (tertiary/aromatic N) is 8. The van der Waals surface area contributed by atoms with Crippen LogP contribution in [-0.4, -0.2) is 63.7 Å². The average Bonchev–Trinajstić information content (AvgIpc) is 3.30. The Morgan fingerprint density at radius 3 is 2.56 bits per heavy atom. The molecule has 4 rings (SSSR count).